The third kappa shape index (κ3) is 4.35. The summed E-state index contributed by atoms with van der Waals surface area (Å²) in [7, 11) is 1.92. The highest BCUT2D eigenvalue weighted by molar-refractivity contribution is 5.75. The summed E-state index contributed by atoms with van der Waals surface area (Å²) >= 11 is 0. The van der Waals surface area contributed by atoms with Gasteiger partial charge in [0.1, 0.15) is 0 Å². The van der Waals surface area contributed by atoms with Crippen LogP contribution in [-0.2, 0) is 11.8 Å². The molecule has 0 aromatic carbocycles. The van der Waals surface area contributed by atoms with E-state index in [0.29, 0.717) is 19.2 Å². The Morgan fingerprint density at radius 2 is 1.63 bits per heavy atom. The van der Waals surface area contributed by atoms with E-state index in [4.69, 9.17) is 4.74 Å². The van der Waals surface area contributed by atoms with E-state index in [1.807, 2.05) is 30.2 Å². The Hall–Kier alpha value is -3.50. The number of fused-ring (bicyclic) bond motifs is 1. The fraction of sp³-hybridized carbons (Fsp3) is 0.440. The number of nitrogens with zero attached hydrogens (tertiary/aromatic N) is 8. The molecule has 2 aliphatic rings. The minimum atomic E-state index is -0.529. The number of aromatic nitrogens is 6. The number of aliphatic hydroxyl groups is 1. The Labute approximate surface area is 203 Å². The molecule has 4 aromatic heterocycles. The van der Waals surface area contributed by atoms with Crippen LogP contribution in [-0.4, -0.2) is 73.9 Å². The van der Waals surface area contributed by atoms with Crippen LogP contribution >= 0.6 is 0 Å². The van der Waals surface area contributed by atoms with Gasteiger partial charge in [-0.3, -0.25) is 4.68 Å². The molecule has 2 saturated heterocycles. The first kappa shape index (κ1) is 22.0. The fourth-order valence-electron chi connectivity index (χ4n) is 5.05. The molecule has 10 nitrogen and oxygen atoms in total. The number of pyridine rings is 1. The minimum Gasteiger partial charge on any atom is -0.388 e. The number of hydrogen-bond donors (Lipinski definition) is 1. The largest absolute Gasteiger partial charge is 0.388 e. The summed E-state index contributed by atoms with van der Waals surface area (Å²) in [6.07, 6.45) is 12.6. The van der Waals surface area contributed by atoms with Gasteiger partial charge in [-0.25, -0.2) is 14.5 Å². The average Bonchev–Trinajstić information content (AvgIpc) is 3.55. The highest BCUT2D eigenvalue weighted by atomic mass is 16.5. The molecule has 0 bridgehead atoms. The lowest BCUT2D eigenvalue weighted by molar-refractivity contribution is 0.00694. The molecule has 2 fully saturated rings. The van der Waals surface area contributed by atoms with Crippen molar-refractivity contribution in [3.63, 3.8) is 0 Å². The van der Waals surface area contributed by atoms with Crippen molar-refractivity contribution in [3.05, 3.63) is 54.9 Å². The molecule has 2 aliphatic heterocycles. The van der Waals surface area contributed by atoms with Crippen molar-refractivity contribution >= 4 is 17.2 Å². The maximum absolute atomic E-state index is 10.7. The zero-order valence-corrected chi connectivity index (χ0v) is 19.9. The molecule has 0 spiro atoms. The number of anilines is 2. The van der Waals surface area contributed by atoms with Crippen LogP contribution in [0.25, 0.3) is 16.6 Å². The van der Waals surface area contributed by atoms with Crippen LogP contribution in [0.4, 0.5) is 11.6 Å². The number of rotatable bonds is 5. The minimum absolute atomic E-state index is 0.216. The molecule has 0 aliphatic carbocycles. The molecule has 35 heavy (non-hydrogen) atoms. The molecule has 0 amide bonds. The van der Waals surface area contributed by atoms with Gasteiger partial charge in [-0.15, -0.1) is 0 Å². The van der Waals surface area contributed by atoms with Gasteiger partial charge in [-0.2, -0.15) is 10.2 Å². The van der Waals surface area contributed by atoms with E-state index < -0.39 is 6.10 Å². The summed E-state index contributed by atoms with van der Waals surface area (Å²) in [5.41, 5.74) is 5.18. The van der Waals surface area contributed by atoms with E-state index in [1.54, 1.807) is 17.1 Å². The predicted octanol–water partition coefficient (Wildman–Crippen LogP) is 2.31. The zero-order valence-electron chi connectivity index (χ0n) is 19.9. The van der Waals surface area contributed by atoms with Crippen LogP contribution < -0.4 is 9.80 Å². The van der Waals surface area contributed by atoms with Gasteiger partial charge in [0.25, 0.3) is 0 Å². The van der Waals surface area contributed by atoms with Crippen LogP contribution in [0.3, 0.4) is 0 Å². The Balaban J connectivity index is 1.11. The van der Waals surface area contributed by atoms with Crippen molar-refractivity contribution in [1.82, 2.24) is 29.4 Å². The summed E-state index contributed by atoms with van der Waals surface area (Å²) < 4.78 is 9.15. The summed E-state index contributed by atoms with van der Waals surface area (Å²) in [5.74, 6) is 0.932. The molecule has 0 saturated carbocycles. The van der Waals surface area contributed by atoms with Crippen LogP contribution in [0.5, 0.6) is 0 Å². The molecule has 1 unspecified atom stereocenters. The second kappa shape index (κ2) is 9.27. The first-order valence-corrected chi connectivity index (χ1v) is 12.2. The maximum Gasteiger partial charge on any atom is 0.225 e. The highest BCUT2D eigenvalue weighted by Gasteiger charge is 2.25. The molecule has 6 rings (SSSR count). The van der Waals surface area contributed by atoms with Gasteiger partial charge in [0.15, 0.2) is 0 Å². The monoisotopic (exact) mass is 474 g/mol. The van der Waals surface area contributed by atoms with Crippen molar-refractivity contribution < 1.29 is 9.84 Å². The molecule has 0 radical (unpaired) electrons. The molecule has 182 valence electrons. The summed E-state index contributed by atoms with van der Waals surface area (Å²) in [4.78, 5) is 13.7. The van der Waals surface area contributed by atoms with Crippen LogP contribution in [0.2, 0.25) is 0 Å². The second-order valence-corrected chi connectivity index (χ2v) is 9.37. The standard InChI is InChI=1S/C25H30N8O2/c1-30-16-21(14-28-30)19-2-3-22-23(15-29-33(22)17-19)31-6-8-32(9-7-31)25-26-12-20(13-27-25)24(34)18-4-10-35-11-5-18/h2-3,12-18,24,34H,4-11H2,1H3. The lowest BCUT2D eigenvalue weighted by Gasteiger charge is -2.35. The van der Waals surface area contributed by atoms with Crippen molar-refractivity contribution in [1.29, 1.82) is 0 Å². The summed E-state index contributed by atoms with van der Waals surface area (Å²) in [5, 5.41) is 19.6. The Kier molecular flexibility index (Phi) is 5.83. The highest BCUT2D eigenvalue weighted by Crippen LogP contribution is 2.30. The molecular formula is C25H30N8O2. The van der Waals surface area contributed by atoms with E-state index in [0.717, 1.165) is 66.9 Å². The van der Waals surface area contributed by atoms with E-state index in [1.165, 1.54) is 0 Å². The molecular weight excluding hydrogens is 444 g/mol. The van der Waals surface area contributed by atoms with Crippen molar-refractivity contribution in [3.8, 4) is 11.1 Å². The smallest absolute Gasteiger partial charge is 0.225 e. The first-order valence-electron chi connectivity index (χ1n) is 12.2. The zero-order chi connectivity index (χ0) is 23.8. The fourth-order valence-corrected chi connectivity index (χ4v) is 5.05. The Morgan fingerprint density at radius 3 is 2.34 bits per heavy atom. The van der Waals surface area contributed by atoms with E-state index in [-0.39, 0.29) is 5.92 Å². The van der Waals surface area contributed by atoms with E-state index in [9.17, 15) is 5.11 Å². The van der Waals surface area contributed by atoms with Gasteiger partial charge in [0, 0.05) is 87.9 Å². The third-order valence-electron chi connectivity index (χ3n) is 7.15. The lowest BCUT2D eigenvalue weighted by Crippen LogP contribution is -2.47. The van der Waals surface area contributed by atoms with Gasteiger partial charge in [0.2, 0.25) is 5.95 Å². The summed E-state index contributed by atoms with van der Waals surface area (Å²) in [6, 6.07) is 4.25. The molecule has 1 N–H and O–H groups in total. The van der Waals surface area contributed by atoms with Gasteiger partial charge in [-0.05, 0) is 24.8 Å². The van der Waals surface area contributed by atoms with Crippen LogP contribution in [0.1, 0.15) is 24.5 Å². The normalized spacial score (nSPS) is 18.3. The summed E-state index contributed by atoms with van der Waals surface area (Å²) in [6.45, 7) is 4.80. The molecule has 1 atom stereocenters. The molecule has 6 heterocycles. The first-order chi connectivity index (χ1) is 17.2. The van der Waals surface area contributed by atoms with Crippen LogP contribution in [0.15, 0.2) is 49.3 Å². The number of hydrogen-bond acceptors (Lipinski definition) is 8. The Bertz CT molecular complexity index is 1290. The predicted molar refractivity (Wildman–Crippen MR) is 132 cm³/mol. The van der Waals surface area contributed by atoms with E-state index >= 15 is 0 Å². The Morgan fingerprint density at radius 1 is 0.886 bits per heavy atom. The molecule has 4 aromatic rings. The van der Waals surface area contributed by atoms with Crippen molar-refractivity contribution in [2.24, 2.45) is 13.0 Å². The number of aliphatic hydroxyl groups excluding tert-OH is 1. The van der Waals surface area contributed by atoms with Gasteiger partial charge >= 0.3 is 0 Å². The van der Waals surface area contributed by atoms with Crippen molar-refractivity contribution in [2.45, 2.75) is 18.9 Å². The van der Waals surface area contributed by atoms with Gasteiger partial charge in [-0.1, -0.05) is 6.07 Å². The SMILES string of the molecule is Cn1cc(-c2ccc3c(N4CCN(c5ncc(C(O)C6CCOCC6)cn5)CC4)cnn3c2)cn1. The average molecular weight is 475 g/mol. The van der Waals surface area contributed by atoms with Gasteiger partial charge in [0.05, 0.1) is 29.7 Å². The number of ether oxygens (including phenoxy) is 1. The van der Waals surface area contributed by atoms with Crippen molar-refractivity contribution in [2.75, 3.05) is 49.2 Å². The van der Waals surface area contributed by atoms with Gasteiger partial charge < -0.3 is 19.6 Å². The topological polar surface area (TPSA) is 96.8 Å². The van der Waals surface area contributed by atoms with E-state index in [2.05, 4.69) is 48.3 Å². The number of aryl methyl sites for hydroxylation is 1. The maximum atomic E-state index is 10.7. The quantitative estimate of drug-likeness (QED) is 0.471. The van der Waals surface area contributed by atoms with Crippen LogP contribution in [0, 0.1) is 5.92 Å². The second-order valence-electron chi connectivity index (χ2n) is 9.37. The lowest BCUT2D eigenvalue weighted by atomic mass is 9.91. The number of piperazine rings is 1. The third-order valence-corrected chi connectivity index (χ3v) is 7.15. The molecule has 10 heteroatoms.